The van der Waals surface area contributed by atoms with Crippen LogP contribution in [-0.4, -0.2) is 16.2 Å². The van der Waals surface area contributed by atoms with Gasteiger partial charge in [0.05, 0.1) is 16.8 Å². The van der Waals surface area contributed by atoms with E-state index in [1.807, 2.05) is 31.2 Å². The van der Waals surface area contributed by atoms with Crippen LogP contribution in [0.2, 0.25) is 5.02 Å². The van der Waals surface area contributed by atoms with Crippen LogP contribution in [-0.2, 0) is 0 Å². The Bertz CT molecular complexity index is 703. The van der Waals surface area contributed by atoms with E-state index in [1.54, 1.807) is 0 Å². The van der Waals surface area contributed by atoms with E-state index >= 15 is 0 Å². The Balaban J connectivity index is 0.00000242. The lowest BCUT2D eigenvalue weighted by molar-refractivity contribution is -0.385. The predicted octanol–water partition coefficient (Wildman–Crippen LogP) is 4.13. The van der Waals surface area contributed by atoms with Gasteiger partial charge in [-0.2, -0.15) is 5.10 Å². The summed E-state index contributed by atoms with van der Waals surface area (Å²) < 4.78 is 0. The molecule has 0 bridgehead atoms. The number of nitrogens with one attached hydrogen (secondary N) is 1. The lowest BCUT2D eigenvalue weighted by atomic mass is 10.2. The summed E-state index contributed by atoms with van der Waals surface area (Å²) in [5.74, 6) is -0.473. The topological polar surface area (TPSA) is 87.8 Å². The summed E-state index contributed by atoms with van der Waals surface area (Å²) in [7, 11) is 0. The van der Waals surface area contributed by atoms with Gasteiger partial charge >= 0.3 is 5.69 Å². The fourth-order valence-corrected chi connectivity index (χ4v) is 1.87. The van der Waals surface area contributed by atoms with E-state index < -0.39 is 16.4 Å². The first-order chi connectivity index (χ1) is 9.97. The summed E-state index contributed by atoms with van der Waals surface area (Å²) in [5, 5.41) is 24.7. The Morgan fingerprint density at radius 2 is 1.95 bits per heavy atom. The van der Waals surface area contributed by atoms with E-state index in [-0.39, 0.29) is 23.0 Å². The summed E-state index contributed by atoms with van der Waals surface area (Å²) in [6, 6.07) is 9.99. The molecule has 22 heavy (non-hydrogen) atoms. The first-order valence-electron chi connectivity index (χ1n) is 6.00. The van der Waals surface area contributed by atoms with Crippen molar-refractivity contribution < 1.29 is 10.0 Å². The molecule has 2 aromatic rings. The smallest absolute Gasteiger partial charge is 0.312 e. The van der Waals surface area contributed by atoms with Gasteiger partial charge in [-0.3, -0.25) is 15.5 Å². The molecule has 0 radical (unpaired) electrons. The number of rotatable bonds is 4. The highest BCUT2D eigenvalue weighted by Crippen LogP contribution is 2.32. The summed E-state index contributed by atoms with van der Waals surface area (Å²) in [5.41, 5.74) is 4.34. The van der Waals surface area contributed by atoms with Crippen LogP contribution in [0, 0.1) is 17.0 Å². The number of halogens is 2. The number of phenols is 1. The van der Waals surface area contributed by atoms with Crippen LogP contribution in [0.1, 0.15) is 11.1 Å². The number of hydrogen-bond acceptors (Lipinski definition) is 5. The molecule has 0 unspecified atom stereocenters. The molecule has 0 aliphatic rings. The average molecular weight is 342 g/mol. The molecule has 0 saturated heterocycles. The highest BCUT2D eigenvalue weighted by atomic mass is 35.5. The van der Waals surface area contributed by atoms with Crippen LogP contribution < -0.4 is 5.43 Å². The minimum atomic E-state index is -0.702. The van der Waals surface area contributed by atoms with Crippen molar-refractivity contribution in [1.82, 2.24) is 0 Å². The van der Waals surface area contributed by atoms with E-state index in [0.29, 0.717) is 0 Å². The first-order valence-corrected chi connectivity index (χ1v) is 6.38. The number of nitro groups is 1. The largest absolute Gasteiger partial charge is 0.502 e. The van der Waals surface area contributed by atoms with Crippen LogP contribution >= 0.6 is 24.0 Å². The monoisotopic (exact) mass is 341 g/mol. The Hall–Kier alpha value is -2.31. The van der Waals surface area contributed by atoms with Crippen molar-refractivity contribution in [2.45, 2.75) is 6.92 Å². The molecule has 0 aromatic heterocycles. The van der Waals surface area contributed by atoms with Gasteiger partial charge in [-0.15, -0.1) is 12.4 Å². The molecule has 0 heterocycles. The lowest BCUT2D eigenvalue weighted by Crippen LogP contribution is -1.94. The predicted molar refractivity (Wildman–Crippen MR) is 89.4 cm³/mol. The number of aryl methyl sites for hydroxylation is 1. The summed E-state index contributed by atoms with van der Waals surface area (Å²) in [6.45, 7) is 1.97. The van der Waals surface area contributed by atoms with Crippen molar-refractivity contribution in [3.05, 3.63) is 62.7 Å². The van der Waals surface area contributed by atoms with Gasteiger partial charge in [0.1, 0.15) is 0 Å². The van der Waals surface area contributed by atoms with Crippen LogP contribution in [0.15, 0.2) is 41.5 Å². The van der Waals surface area contributed by atoms with Crippen molar-refractivity contribution in [1.29, 1.82) is 0 Å². The zero-order valence-corrected chi connectivity index (χ0v) is 13.1. The second-order valence-corrected chi connectivity index (χ2v) is 4.79. The Morgan fingerprint density at radius 1 is 1.32 bits per heavy atom. The van der Waals surface area contributed by atoms with Crippen LogP contribution in [0.4, 0.5) is 11.4 Å². The lowest BCUT2D eigenvalue weighted by Gasteiger charge is -2.03. The summed E-state index contributed by atoms with van der Waals surface area (Å²) in [4.78, 5) is 10.1. The number of hydrazone groups is 1. The molecule has 0 spiro atoms. The van der Waals surface area contributed by atoms with E-state index in [0.717, 1.165) is 17.3 Å². The number of nitrogens with zero attached hydrogens (tertiary/aromatic N) is 2. The molecule has 0 aliphatic heterocycles. The second kappa shape index (κ2) is 7.63. The zero-order chi connectivity index (χ0) is 15.4. The van der Waals surface area contributed by atoms with Crippen LogP contribution in [0.3, 0.4) is 0 Å². The molecule has 2 aromatic carbocycles. The molecule has 0 saturated carbocycles. The Labute approximate surface area is 138 Å². The fourth-order valence-electron chi connectivity index (χ4n) is 1.65. The highest BCUT2D eigenvalue weighted by Gasteiger charge is 2.17. The number of phenolic OH excluding ortho intramolecular Hbond substituents is 1. The number of hydrogen-bond donors (Lipinski definition) is 2. The molecule has 0 aliphatic carbocycles. The molecule has 2 N–H and O–H groups in total. The number of aromatic hydroxyl groups is 1. The molecular weight excluding hydrogens is 329 g/mol. The van der Waals surface area contributed by atoms with Gasteiger partial charge < -0.3 is 5.11 Å². The minimum absolute atomic E-state index is 0. The molecule has 6 nitrogen and oxygen atoms in total. The van der Waals surface area contributed by atoms with Gasteiger partial charge in [0, 0.05) is 16.7 Å². The third-order valence-corrected chi connectivity index (χ3v) is 2.95. The van der Waals surface area contributed by atoms with Crippen molar-refractivity contribution in [3.63, 3.8) is 0 Å². The molecule has 2 rings (SSSR count). The summed E-state index contributed by atoms with van der Waals surface area (Å²) in [6.07, 6.45) is 1.27. The van der Waals surface area contributed by atoms with Crippen molar-refractivity contribution in [3.8, 4) is 5.75 Å². The van der Waals surface area contributed by atoms with Gasteiger partial charge in [-0.25, -0.2) is 0 Å². The van der Waals surface area contributed by atoms with E-state index in [2.05, 4.69) is 10.5 Å². The third-order valence-electron chi connectivity index (χ3n) is 2.73. The standard InChI is InChI=1S/C14H12ClN3O3.ClH/c1-9-2-4-12(5-3-9)17-16-8-10-6-11(15)7-13(14(10)19)18(20)21;/h2-8,17,19H,1H3;1H/b16-8+;. The van der Waals surface area contributed by atoms with Gasteiger partial charge in [-0.05, 0) is 25.1 Å². The van der Waals surface area contributed by atoms with Crippen molar-refractivity contribution in [2.75, 3.05) is 5.43 Å². The number of anilines is 1. The normalized spacial score (nSPS) is 10.3. The maximum Gasteiger partial charge on any atom is 0.312 e. The van der Waals surface area contributed by atoms with Crippen molar-refractivity contribution >= 4 is 41.6 Å². The highest BCUT2D eigenvalue weighted by molar-refractivity contribution is 6.31. The molecule has 0 fully saturated rings. The maximum absolute atomic E-state index is 10.8. The van der Waals surface area contributed by atoms with Crippen molar-refractivity contribution in [2.24, 2.45) is 5.10 Å². The van der Waals surface area contributed by atoms with E-state index in [9.17, 15) is 15.2 Å². The fraction of sp³-hybridized carbons (Fsp3) is 0.0714. The van der Waals surface area contributed by atoms with E-state index in [1.165, 1.54) is 12.3 Å². The molecule has 8 heteroatoms. The minimum Gasteiger partial charge on any atom is -0.502 e. The molecule has 116 valence electrons. The number of nitro benzene ring substituents is 1. The third kappa shape index (κ3) is 4.34. The summed E-state index contributed by atoms with van der Waals surface area (Å²) >= 11 is 5.78. The zero-order valence-electron chi connectivity index (χ0n) is 11.5. The second-order valence-electron chi connectivity index (χ2n) is 4.36. The maximum atomic E-state index is 10.8. The molecular formula is C14H13Cl2N3O3. The average Bonchev–Trinajstić information content (AvgIpc) is 2.44. The van der Waals surface area contributed by atoms with Gasteiger partial charge in [0.15, 0.2) is 0 Å². The van der Waals surface area contributed by atoms with Crippen LogP contribution in [0.5, 0.6) is 5.75 Å². The van der Waals surface area contributed by atoms with Crippen LogP contribution in [0.25, 0.3) is 0 Å². The molecule has 0 atom stereocenters. The molecule has 0 amide bonds. The van der Waals surface area contributed by atoms with Gasteiger partial charge in [0.25, 0.3) is 0 Å². The quantitative estimate of drug-likeness (QED) is 0.497. The van der Waals surface area contributed by atoms with E-state index in [4.69, 9.17) is 11.6 Å². The van der Waals surface area contributed by atoms with Gasteiger partial charge in [-0.1, -0.05) is 29.3 Å². The first kappa shape index (κ1) is 17.7. The Morgan fingerprint density at radius 3 is 2.55 bits per heavy atom. The SMILES string of the molecule is Cc1ccc(N/N=C/c2cc(Cl)cc([N+](=O)[O-])c2O)cc1.Cl. The van der Waals surface area contributed by atoms with Gasteiger partial charge in [0.2, 0.25) is 5.75 Å². The Kier molecular flexibility index (Phi) is 6.15. The number of benzene rings is 2.